The molecule has 2 heteroatoms. The van der Waals surface area contributed by atoms with Crippen LogP contribution >= 0.6 is 0 Å². The molecule has 2 aromatic rings. The lowest BCUT2D eigenvalue weighted by Crippen LogP contribution is -2.17. The summed E-state index contributed by atoms with van der Waals surface area (Å²) in [6.45, 7) is 7.79. The van der Waals surface area contributed by atoms with Crippen molar-refractivity contribution < 1.29 is 9.13 Å². The van der Waals surface area contributed by atoms with Crippen molar-refractivity contribution in [3.63, 3.8) is 0 Å². The number of hydrogen-bond acceptors (Lipinski definition) is 1. The molecule has 1 saturated heterocycles. The molecule has 0 aromatic heterocycles. The topological polar surface area (TPSA) is 9.23 Å². The zero-order valence-electron chi connectivity index (χ0n) is 16.8. The van der Waals surface area contributed by atoms with Crippen molar-refractivity contribution in [3.8, 4) is 0 Å². The van der Waals surface area contributed by atoms with Crippen molar-refractivity contribution in [2.24, 2.45) is 5.92 Å². The van der Waals surface area contributed by atoms with Crippen LogP contribution < -0.4 is 0 Å². The van der Waals surface area contributed by atoms with E-state index in [2.05, 4.69) is 31.7 Å². The number of ether oxygens (including phenoxy) is 1. The summed E-state index contributed by atoms with van der Waals surface area (Å²) >= 11 is 0. The summed E-state index contributed by atoms with van der Waals surface area (Å²) < 4.78 is 19.4. The van der Waals surface area contributed by atoms with E-state index in [0.29, 0.717) is 5.92 Å². The van der Waals surface area contributed by atoms with Crippen molar-refractivity contribution >= 4 is 6.08 Å². The highest BCUT2D eigenvalue weighted by Crippen LogP contribution is 2.38. The molecule has 146 valence electrons. The summed E-state index contributed by atoms with van der Waals surface area (Å²) in [6, 6.07) is 9.75. The molecule has 4 rings (SSSR count). The van der Waals surface area contributed by atoms with Crippen LogP contribution in [0.2, 0.25) is 0 Å². The molecule has 1 heterocycles. The van der Waals surface area contributed by atoms with Gasteiger partial charge in [0, 0.05) is 13.2 Å². The predicted molar refractivity (Wildman–Crippen MR) is 114 cm³/mol. The number of hydrogen-bond donors (Lipinski definition) is 0. The first kappa shape index (κ1) is 19.1. The van der Waals surface area contributed by atoms with E-state index in [0.717, 1.165) is 57.3 Å². The molecular weight excluding hydrogens is 347 g/mol. The Labute approximate surface area is 167 Å². The minimum absolute atomic E-state index is 0.154. The molecule has 1 fully saturated rings. The standard InChI is InChI=1S/C26H29FO/c1-3-4-5-20-15-24(27)9-8-21(20)14-22-7-6-18(2)25-16-23(17-26(22)25)19-10-12-28-13-11-19/h3,6-9,15,17,19H,1,4-5,10-14,16H2,2H3. The SMILES string of the molecule is C=CCCc1cc(F)ccc1Cc1ccc(C)c2c1C=C(C1CCOCC1)C2. The second-order valence-electron chi connectivity index (χ2n) is 8.13. The molecule has 1 nitrogen and oxygen atoms in total. The Balaban J connectivity index is 1.65. The maximum absolute atomic E-state index is 13.8. The Morgan fingerprint density at radius 2 is 1.89 bits per heavy atom. The smallest absolute Gasteiger partial charge is 0.123 e. The van der Waals surface area contributed by atoms with Gasteiger partial charge in [0.1, 0.15) is 5.82 Å². The predicted octanol–water partition coefficient (Wildman–Crippen LogP) is 6.21. The normalized spacial score (nSPS) is 16.7. The van der Waals surface area contributed by atoms with Crippen molar-refractivity contribution in [1.29, 1.82) is 0 Å². The first-order valence-corrected chi connectivity index (χ1v) is 10.4. The summed E-state index contributed by atoms with van der Waals surface area (Å²) in [4.78, 5) is 0. The van der Waals surface area contributed by atoms with Crippen LogP contribution in [0, 0.1) is 18.7 Å². The highest BCUT2D eigenvalue weighted by molar-refractivity contribution is 5.69. The van der Waals surface area contributed by atoms with E-state index in [1.165, 1.54) is 27.8 Å². The largest absolute Gasteiger partial charge is 0.381 e. The highest BCUT2D eigenvalue weighted by atomic mass is 19.1. The summed E-state index contributed by atoms with van der Waals surface area (Å²) in [5.41, 5.74) is 9.51. The molecule has 2 aliphatic rings. The number of aryl methyl sites for hydroxylation is 2. The molecule has 0 saturated carbocycles. The number of allylic oxidation sites excluding steroid dienone is 2. The molecule has 0 amide bonds. The van der Waals surface area contributed by atoms with Crippen LogP contribution in [0.3, 0.4) is 0 Å². The minimum atomic E-state index is -0.154. The van der Waals surface area contributed by atoms with Crippen LogP contribution in [0.1, 0.15) is 52.6 Å². The van der Waals surface area contributed by atoms with E-state index < -0.39 is 0 Å². The number of benzene rings is 2. The zero-order chi connectivity index (χ0) is 19.5. The molecule has 0 bridgehead atoms. The van der Waals surface area contributed by atoms with Gasteiger partial charge in [-0.15, -0.1) is 6.58 Å². The second kappa shape index (κ2) is 8.45. The van der Waals surface area contributed by atoms with Gasteiger partial charge in [0.05, 0.1) is 0 Å². The van der Waals surface area contributed by atoms with Crippen LogP contribution in [-0.2, 0) is 24.0 Å². The van der Waals surface area contributed by atoms with Crippen molar-refractivity contribution in [3.05, 3.63) is 87.8 Å². The third kappa shape index (κ3) is 3.98. The van der Waals surface area contributed by atoms with Crippen molar-refractivity contribution in [2.45, 2.75) is 45.4 Å². The van der Waals surface area contributed by atoms with E-state index in [-0.39, 0.29) is 5.82 Å². The third-order valence-corrected chi connectivity index (χ3v) is 6.30. The fraction of sp³-hybridized carbons (Fsp3) is 0.385. The van der Waals surface area contributed by atoms with Crippen LogP contribution in [-0.4, -0.2) is 13.2 Å². The molecule has 0 unspecified atom stereocenters. The maximum atomic E-state index is 13.8. The average Bonchev–Trinajstić information content (AvgIpc) is 3.17. The lowest BCUT2D eigenvalue weighted by molar-refractivity contribution is 0.0756. The zero-order valence-corrected chi connectivity index (χ0v) is 16.8. The van der Waals surface area contributed by atoms with Gasteiger partial charge in [-0.25, -0.2) is 4.39 Å². The summed E-state index contributed by atoms with van der Waals surface area (Å²) in [7, 11) is 0. The Morgan fingerprint density at radius 3 is 2.68 bits per heavy atom. The van der Waals surface area contributed by atoms with Gasteiger partial charge in [-0.1, -0.05) is 35.9 Å². The fourth-order valence-corrected chi connectivity index (χ4v) is 4.62. The molecule has 0 atom stereocenters. The maximum Gasteiger partial charge on any atom is 0.123 e. The summed E-state index contributed by atoms with van der Waals surface area (Å²) in [5, 5.41) is 0. The average molecular weight is 377 g/mol. The van der Waals surface area contributed by atoms with Crippen LogP contribution in [0.15, 0.2) is 48.6 Å². The van der Waals surface area contributed by atoms with E-state index in [1.54, 1.807) is 17.7 Å². The van der Waals surface area contributed by atoms with Gasteiger partial charge in [-0.3, -0.25) is 0 Å². The molecule has 2 aromatic carbocycles. The van der Waals surface area contributed by atoms with Crippen LogP contribution in [0.25, 0.3) is 6.08 Å². The molecule has 0 N–H and O–H groups in total. The van der Waals surface area contributed by atoms with Gasteiger partial charge in [0.25, 0.3) is 0 Å². The van der Waals surface area contributed by atoms with E-state index in [1.807, 2.05) is 12.1 Å². The molecule has 1 aliphatic carbocycles. The van der Waals surface area contributed by atoms with Gasteiger partial charge >= 0.3 is 0 Å². The minimum Gasteiger partial charge on any atom is -0.381 e. The number of fused-ring (bicyclic) bond motifs is 1. The molecule has 1 aliphatic heterocycles. The fourth-order valence-electron chi connectivity index (χ4n) is 4.62. The first-order valence-electron chi connectivity index (χ1n) is 10.4. The van der Waals surface area contributed by atoms with E-state index in [9.17, 15) is 4.39 Å². The highest BCUT2D eigenvalue weighted by Gasteiger charge is 2.25. The van der Waals surface area contributed by atoms with Gasteiger partial charge < -0.3 is 4.74 Å². The van der Waals surface area contributed by atoms with Gasteiger partial charge in [0.15, 0.2) is 0 Å². The number of halogens is 1. The summed E-state index contributed by atoms with van der Waals surface area (Å²) in [6.07, 6.45) is 10.3. The quantitative estimate of drug-likeness (QED) is 0.545. The first-order chi connectivity index (χ1) is 13.7. The lowest BCUT2D eigenvalue weighted by Gasteiger charge is -2.23. The van der Waals surface area contributed by atoms with Crippen molar-refractivity contribution in [1.82, 2.24) is 0 Å². The lowest BCUT2D eigenvalue weighted by atomic mass is 9.89. The van der Waals surface area contributed by atoms with Gasteiger partial charge in [-0.2, -0.15) is 0 Å². The Hall–Kier alpha value is -2.19. The Morgan fingerprint density at radius 1 is 1.11 bits per heavy atom. The van der Waals surface area contributed by atoms with E-state index >= 15 is 0 Å². The van der Waals surface area contributed by atoms with Gasteiger partial charge in [-0.05, 0) is 96.9 Å². The molecule has 0 radical (unpaired) electrons. The Kier molecular flexibility index (Phi) is 5.77. The third-order valence-electron chi connectivity index (χ3n) is 6.30. The molecule has 28 heavy (non-hydrogen) atoms. The monoisotopic (exact) mass is 376 g/mol. The van der Waals surface area contributed by atoms with Crippen LogP contribution in [0.5, 0.6) is 0 Å². The molecular formula is C26H29FO. The Bertz CT molecular complexity index is 903. The number of rotatable bonds is 6. The summed E-state index contributed by atoms with van der Waals surface area (Å²) in [5.74, 6) is 0.501. The van der Waals surface area contributed by atoms with Crippen molar-refractivity contribution in [2.75, 3.05) is 13.2 Å². The van der Waals surface area contributed by atoms with Gasteiger partial charge in [0.2, 0.25) is 0 Å². The second-order valence-corrected chi connectivity index (χ2v) is 8.13. The van der Waals surface area contributed by atoms with E-state index in [4.69, 9.17) is 4.74 Å². The molecule has 0 spiro atoms. The van der Waals surface area contributed by atoms with Crippen LogP contribution in [0.4, 0.5) is 4.39 Å².